The van der Waals surface area contributed by atoms with Crippen LogP contribution < -0.4 is 5.73 Å². The van der Waals surface area contributed by atoms with Crippen LogP contribution in [0.25, 0.3) is 0 Å². The Morgan fingerprint density at radius 2 is 2.36 bits per heavy atom. The molecular weight excluding hydrogens is 282 g/mol. The molecule has 22 heavy (non-hydrogen) atoms. The second kappa shape index (κ2) is 6.59. The van der Waals surface area contributed by atoms with E-state index < -0.39 is 0 Å². The van der Waals surface area contributed by atoms with Gasteiger partial charge in [0.2, 0.25) is 11.9 Å². The maximum atomic E-state index is 12.5. The summed E-state index contributed by atoms with van der Waals surface area (Å²) in [6, 6.07) is 2.18. The van der Waals surface area contributed by atoms with Crippen LogP contribution in [0.4, 0.5) is 5.95 Å². The van der Waals surface area contributed by atoms with Crippen molar-refractivity contribution in [2.24, 2.45) is 0 Å². The number of hydrogen-bond donors (Lipinski definition) is 2. The van der Waals surface area contributed by atoms with E-state index >= 15 is 0 Å². The number of rotatable bonds is 5. The number of nitrogens with two attached hydrogens (primary N) is 1. The predicted octanol–water partition coefficient (Wildman–Crippen LogP) is 0.597. The zero-order valence-electron chi connectivity index (χ0n) is 12.5. The second-order valence-corrected chi connectivity index (χ2v) is 5.61. The number of hydrogen-bond acceptors (Lipinski definition) is 5. The lowest BCUT2D eigenvalue weighted by molar-refractivity contribution is -0.134. The highest BCUT2D eigenvalue weighted by Crippen LogP contribution is 2.21. The first-order valence-corrected chi connectivity index (χ1v) is 7.66. The Bertz CT molecular complexity index is 606. The van der Waals surface area contributed by atoms with Crippen molar-refractivity contribution >= 4 is 11.9 Å². The first kappa shape index (κ1) is 14.6. The molecule has 0 spiro atoms. The van der Waals surface area contributed by atoms with Crippen molar-refractivity contribution in [2.45, 2.75) is 44.7 Å². The molecule has 3 heterocycles. The summed E-state index contributed by atoms with van der Waals surface area (Å²) in [7, 11) is 0. The summed E-state index contributed by atoms with van der Waals surface area (Å²) >= 11 is 0. The summed E-state index contributed by atoms with van der Waals surface area (Å²) < 4.78 is 1.91. The van der Waals surface area contributed by atoms with E-state index in [-0.39, 0.29) is 24.3 Å². The largest absolute Gasteiger partial charge is 0.367 e. The smallest absolute Gasteiger partial charge is 0.239 e. The third-order valence-corrected chi connectivity index (χ3v) is 4.07. The average molecular weight is 303 g/mol. The lowest BCUT2D eigenvalue weighted by Gasteiger charge is -2.35. The summed E-state index contributed by atoms with van der Waals surface area (Å²) in [6.45, 7) is 1.64. The van der Waals surface area contributed by atoms with Gasteiger partial charge in [-0.15, -0.1) is 5.10 Å². The lowest BCUT2D eigenvalue weighted by Crippen LogP contribution is -2.45. The van der Waals surface area contributed by atoms with Crippen LogP contribution in [0.3, 0.4) is 0 Å². The average Bonchev–Trinajstić information content (AvgIpc) is 3.17. The number of amides is 1. The van der Waals surface area contributed by atoms with E-state index in [0.29, 0.717) is 5.82 Å². The molecule has 1 amide bonds. The molecule has 8 heteroatoms. The van der Waals surface area contributed by atoms with Gasteiger partial charge in [-0.3, -0.25) is 14.6 Å². The normalized spacial score (nSPS) is 18.5. The van der Waals surface area contributed by atoms with E-state index in [1.807, 2.05) is 21.8 Å². The van der Waals surface area contributed by atoms with Gasteiger partial charge in [0.05, 0.1) is 6.42 Å². The Balaban J connectivity index is 1.60. The highest BCUT2D eigenvalue weighted by atomic mass is 16.2. The molecule has 0 aromatic carbocycles. The molecule has 0 radical (unpaired) electrons. The Morgan fingerprint density at radius 1 is 1.45 bits per heavy atom. The van der Waals surface area contributed by atoms with Crippen LogP contribution in [0.1, 0.15) is 31.5 Å². The Kier molecular flexibility index (Phi) is 4.36. The predicted molar refractivity (Wildman–Crippen MR) is 80.7 cm³/mol. The molecular formula is C14H21N7O. The number of carbonyl (C=O) groups is 1. The van der Waals surface area contributed by atoms with Crippen LogP contribution in [-0.4, -0.2) is 48.4 Å². The summed E-state index contributed by atoms with van der Waals surface area (Å²) in [6.07, 6.45) is 8.15. The number of nitrogens with one attached hydrogen (secondary N) is 1. The second-order valence-electron chi connectivity index (χ2n) is 5.61. The molecule has 0 saturated carbocycles. The Labute approximate surface area is 128 Å². The zero-order chi connectivity index (χ0) is 15.4. The minimum atomic E-state index is 0.0846. The quantitative estimate of drug-likeness (QED) is 0.841. The maximum absolute atomic E-state index is 12.5. The number of anilines is 1. The topological polar surface area (TPSA) is 106 Å². The molecule has 118 valence electrons. The number of nitrogens with zero attached hydrogens (tertiary/aromatic N) is 5. The molecule has 1 saturated heterocycles. The first-order chi connectivity index (χ1) is 10.7. The fraction of sp³-hybridized carbons (Fsp3) is 0.571. The third-order valence-electron chi connectivity index (χ3n) is 4.07. The number of likely N-dealkylation sites (tertiary alicyclic amines) is 1. The summed E-state index contributed by atoms with van der Waals surface area (Å²) in [5.74, 6) is 0.789. The molecule has 1 aliphatic heterocycles. The number of aryl methyl sites for hydroxylation is 1. The van der Waals surface area contributed by atoms with Crippen LogP contribution >= 0.6 is 0 Å². The van der Waals surface area contributed by atoms with Gasteiger partial charge < -0.3 is 10.6 Å². The number of carbonyl (C=O) groups excluding carboxylic acids is 1. The SMILES string of the molecule is Nc1n[nH]c(CC(=O)N2CCCC[C@H]2CCn2cccn2)n1. The summed E-state index contributed by atoms with van der Waals surface area (Å²) in [4.78, 5) is 18.5. The van der Waals surface area contributed by atoms with Crippen LogP contribution in [0.2, 0.25) is 0 Å². The number of aromatic amines is 1. The summed E-state index contributed by atoms with van der Waals surface area (Å²) in [5.41, 5.74) is 5.47. The van der Waals surface area contributed by atoms with Gasteiger partial charge in [-0.1, -0.05) is 0 Å². The molecule has 0 aliphatic carbocycles. The van der Waals surface area contributed by atoms with Crippen LogP contribution in [0.5, 0.6) is 0 Å². The number of H-pyrrole nitrogens is 1. The Hall–Kier alpha value is -2.38. The van der Waals surface area contributed by atoms with Gasteiger partial charge in [0, 0.05) is 31.5 Å². The fourth-order valence-electron chi connectivity index (χ4n) is 2.98. The maximum Gasteiger partial charge on any atom is 0.239 e. The van der Waals surface area contributed by atoms with E-state index in [4.69, 9.17) is 5.73 Å². The van der Waals surface area contributed by atoms with Gasteiger partial charge in [0.1, 0.15) is 5.82 Å². The number of nitrogen functional groups attached to an aromatic ring is 1. The van der Waals surface area contributed by atoms with Crippen molar-refractivity contribution in [1.82, 2.24) is 29.9 Å². The molecule has 0 bridgehead atoms. The van der Waals surface area contributed by atoms with Gasteiger partial charge in [0.15, 0.2) is 0 Å². The van der Waals surface area contributed by atoms with Gasteiger partial charge in [-0.25, -0.2) is 0 Å². The van der Waals surface area contributed by atoms with Crippen molar-refractivity contribution < 1.29 is 4.79 Å². The zero-order valence-corrected chi connectivity index (χ0v) is 12.5. The van der Waals surface area contributed by atoms with Crippen molar-refractivity contribution in [3.8, 4) is 0 Å². The lowest BCUT2D eigenvalue weighted by atomic mass is 9.99. The third kappa shape index (κ3) is 3.44. The van der Waals surface area contributed by atoms with Gasteiger partial charge in [-0.05, 0) is 31.7 Å². The molecule has 1 atom stereocenters. The highest BCUT2D eigenvalue weighted by Gasteiger charge is 2.27. The number of piperidine rings is 1. The monoisotopic (exact) mass is 303 g/mol. The van der Waals surface area contributed by atoms with Crippen molar-refractivity contribution in [1.29, 1.82) is 0 Å². The van der Waals surface area contributed by atoms with Crippen LogP contribution in [-0.2, 0) is 17.8 Å². The fourth-order valence-corrected chi connectivity index (χ4v) is 2.98. The molecule has 3 N–H and O–H groups in total. The molecule has 0 unspecified atom stereocenters. The standard InChI is InChI=1S/C14H21N7O/c15-14-17-12(18-19-14)10-13(22)21-8-2-1-4-11(21)5-9-20-7-3-6-16-20/h3,6-7,11H,1-2,4-5,8-10H2,(H3,15,17,18,19)/t11-/m0/s1. The van der Waals surface area contributed by atoms with Gasteiger partial charge in [-0.2, -0.15) is 10.1 Å². The minimum Gasteiger partial charge on any atom is -0.367 e. The van der Waals surface area contributed by atoms with E-state index in [0.717, 1.165) is 32.4 Å². The molecule has 2 aromatic heterocycles. The number of aromatic nitrogens is 5. The van der Waals surface area contributed by atoms with Crippen LogP contribution in [0.15, 0.2) is 18.5 Å². The van der Waals surface area contributed by atoms with Gasteiger partial charge >= 0.3 is 0 Å². The van der Waals surface area contributed by atoms with Crippen molar-refractivity contribution in [3.05, 3.63) is 24.3 Å². The first-order valence-electron chi connectivity index (χ1n) is 7.66. The molecule has 1 fully saturated rings. The molecule has 3 rings (SSSR count). The minimum absolute atomic E-state index is 0.0846. The van der Waals surface area contributed by atoms with Crippen molar-refractivity contribution in [2.75, 3.05) is 12.3 Å². The van der Waals surface area contributed by atoms with Gasteiger partial charge in [0.25, 0.3) is 0 Å². The highest BCUT2D eigenvalue weighted by molar-refractivity contribution is 5.78. The molecule has 1 aliphatic rings. The summed E-state index contributed by atoms with van der Waals surface area (Å²) in [5, 5.41) is 10.7. The van der Waals surface area contributed by atoms with Crippen LogP contribution in [0, 0.1) is 0 Å². The van der Waals surface area contributed by atoms with E-state index in [2.05, 4.69) is 20.3 Å². The van der Waals surface area contributed by atoms with E-state index in [1.54, 1.807) is 6.20 Å². The van der Waals surface area contributed by atoms with E-state index in [1.165, 1.54) is 6.42 Å². The van der Waals surface area contributed by atoms with E-state index in [9.17, 15) is 4.79 Å². The molecule has 8 nitrogen and oxygen atoms in total. The van der Waals surface area contributed by atoms with Crippen molar-refractivity contribution in [3.63, 3.8) is 0 Å². The Morgan fingerprint density at radius 3 is 3.09 bits per heavy atom. The molecule has 2 aromatic rings.